The van der Waals surface area contributed by atoms with Crippen molar-refractivity contribution in [3.8, 4) is 17.2 Å². The largest absolute Gasteiger partial charge is 0.493 e. The van der Waals surface area contributed by atoms with Crippen LogP contribution >= 0.6 is 23.4 Å². The summed E-state index contributed by atoms with van der Waals surface area (Å²) in [5, 5.41) is 3.62. The van der Waals surface area contributed by atoms with Crippen LogP contribution in [0, 0.1) is 0 Å². The van der Waals surface area contributed by atoms with Gasteiger partial charge in [0.2, 0.25) is 11.7 Å². The normalized spacial score (nSPS) is 10.3. The van der Waals surface area contributed by atoms with Crippen molar-refractivity contribution < 1.29 is 19.0 Å². The molecule has 0 aliphatic rings. The van der Waals surface area contributed by atoms with Crippen LogP contribution in [-0.2, 0) is 11.3 Å². The molecule has 140 valence electrons. The van der Waals surface area contributed by atoms with Crippen molar-refractivity contribution in [1.29, 1.82) is 0 Å². The highest BCUT2D eigenvalue weighted by atomic mass is 35.5. The van der Waals surface area contributed by atoms with E-state index >= 15 is 0 Å². The molecule has 0 radical (unpaired) electrons. The summed E-state index contributed by atoms with van der Waals surface area (Å²) in [5.41, 5.74) is 0.873. The molecule has 0 heterocycles. The molecule has 0 saturated heterocycles. The molecule has 0 spiro atoms. The number of ether oxygens (including phenoxy) is 3. The Labute approximate surface area is 163 Å². The zero-order valence-electron chi connectivity index (χ0n) is 15.0. The highest BCUT2D eigenvalue weighted by Gasteiger charge is 2.13. The topological polar surface area (TPSA) is 56.8 Å². The van der Waals surface area contributed by atoms with Gasteiger partial charge in [0.25, 0.3) is 0 Å². The SMILES string of the molecule is COc1cc(CNC(=O)CCSc2ccc(Cl)cc2)cc(OC)c1OC. The molecule has 1 amide bonds. The molecule has 5 nitrogen and oxygen atoms in total. The molecule has 0 bridgehead atoms. The second-order valence-electron chi connectivity index (χ2n) is 5.36. The fourth-order valence-electron chi connectivity index (χ4n) is 2.32. The van der Waals surface area contributed by atoms with Gasteiger partial charge in [0.05, 0.1) is 21.3 Å². The van der Waals surface area contributed by atoms with Gasteiger partial charge in [0.15, 0.2) is 11.5 Å². The average molecular weight is 396 g/mol. The zero-order chi connectivity index (χ0) is 18.9. The number of rotatable bonds is 9. The van der Waals surface area contributed by atoms with Crippen LogP contribution in [-0.4, -0.2) is 33.0 Å². The standard InChI is InChI=1S/C19H22ClNO4S/c1-23-16-10-13(11-17(24-2)19(16)25-3)12-21-18(22)8-9-26-15-6-4-14(20)5-7-15/h4-7,10-11H,8-9,12H2,1-3H3,(H,21,22). The summed E-state index contributed by atoms with van der Waals surface area (Å²) < 4.78 is 15.9. The van der Waals surface area contributed by atoms with Crippen molar-refractivity contribution >= 4 is 29.3 Å². The minimum atomic E-state index is -0.0137. The van der Waals surface area contributed by atoms with E-state index in [0.29, 0.717) is 41.0 Å². The lowest BCUT2D eigenvalue weighted by Crippen LogP contribution is -2.23. The monoisotopic (exact) mass is 395 g/mol. The Kier molecular flexibility index (Phi) is 7.94. The first-order valence-electron chi connectivity index (χ1n) is 8.01. The number of hydrogen-bond acceptors (Lipinski definition) is 5. The van der Waals surface area contributed by atoms with E-state index in [1.54, 1.807) is 33.1 Å². The van der Waals surface area contributed by atoms with Crippen LogP contribution in [0.2, 0.25) is 5.02 Å². The minimum absolute atomic E-state index is 0.0137. The minimum Gasteiger partial charge on any atom is -0.493 e. The van der Waals surface area contributed by atoms with Crippen molar-refractivity contribution in [3.05, 3.63) is 47.0 Å². The Bertz CT molecular complexity index is 712. The molecule has 0 aliphatic carbocycles. The van der Waals surface area contributed by atoms with E-state index < -0.39 is 0 Å². The van der Waals surface area contributed by atoms with E-state index in [2.05, 4.69) is 5.32 Å². The number of carbonyl (C=O) groups excluding carboxylic acids is 1. The smallest absolute Gasteiger partial charge is 0.221 e. The summed E-state index contributed by atoms with van der Waals surface area (Å²) in [7, 11) is 4.68. The molecule has 2 rings (SSSR count). The summed E-state index contributed by atoms with van der Waals surface area (Å²) in [5.74, 6) is 2.34. The van der Waals surface area contributed by atoms with Crippen LogP contribution in [0.1, 0.15) is 12.0 Å². The number of hydrogen-bond donors (Lipinski definition) is 1. The Morgan fingerprint density at radius 2 is 1.65 bits per heavy atom. The van der Waals surface area contributed by atoms with Gasteiger partial charge >= 0.3 is 0 Å². The molecule has 1 N–H and O–H groups in total. The van der Waals surface area contributed by atoms with Crippen molar-refractivity contribution in [2.24, 2.45) is 0 Å². The molecule has 26 heavy (non-hydrogen) atoms. The highest BCUT2D eigenvalue weighted by Crippen LogP contribution is 2.38. The van der Waals surface area contributed by atoms with Crippen molar-refractivity contribution in [2.75, 3.05) is 27.1 Å². The first-order chi connectivity index (χ1) is 12.6. The van der Waals surface area contributed by atoms with Crippen LogP contribution in [0.25, 0.3) is 0 Å². The van der Waals surface area contributed by atoms with Gasteiger partial charge in [-0.3, -0.25) is 4.79 Å². The summed E-state index contributed by atoms with van der Waals surface area (Å²) in [6.45, 7) is 0.390. The van der Waals surface area contributed by atoms with Crippen LogP contribution < -0.4 is 19.5 Å². The average Bonchev–Trinajstić information content (AvgIpc) is 2.66. The molecule has 0 saturated carbocycles. The summed E-state index contributed by atoms with van der Waals surface area (Å²) in [4.78, 5) is 13.1. The first kappa shape index (κ1) is 20.3. The van der Waals surface area contributed by atoms with E-state index in [9.17, 15) is 4.79 Å². The van der Waals surface area contributed by atoms with Crippen LogP contribution in [0.3, 0.4) is 0 Å². The van der Waals surface area contributed by atoms with Gasteiger partial charge in [-0.05, 0) is 42.0 Å². The Balaban J connectivity index is 1.85. The van der Waals surface area contributed by atoms with Crippen LogP contribution in [0.5, 0.6) is 17.2 Å². The zero-order valence-corrected chi connectivity index (χ0v) is 16.6. The van der Waals surface area contributed by atoms with Gasteiger partial charge in [-0.2, -0.15) is 0 Å². The lowest BCUT2D eigenvalue weighted by Gasteiger charge is -2.14. The fourth-order valence-corrected chi connectivity index (χ4v) is 3.30. The van der Waals surface area contributed by atoms with Crippen LogP contribution in [0.15, 0.2) is 41.3 Å². The Hall–Kier alpha value is -2.05. The molecule has 0 fully saturated rings. The number of halogens is 1. The molecule has 7 heteroatoms. The second-order valence-corrected chi connectivity index (χ2v) is 6.97. The van der Waals surface area contributed by atoms with Crippen molar-refractivity contribution in [3.63, 3.8) is 0 Å². The van der Waals surface area contributed by atoms with E-state index in [4.69, 9.17) is 25.8 Å². The maximum absolute atomic E-state index is 12.1. The number of amides is 1. The van der Waals surface area contributed by atoms with Gasteiger partial charge in [0.1, 0.15) is 0 Å². The number of benzene rings is 2. The Morgan fingerprint density at radius 1 is 1.04 bits per heavy atom. The molecule has 0 aromatic heterocycles. The lowest BCUT2D eigenvalue weighted by atomic mass is 10.1. The van der Waals surface area contributed by atoms with Gasteiger partial charge in [-0.15, -0.1) is 11.8 Å². The molecule has 2 aromatic carbocycles. The quantitative estimate of drug-likeness (QED) is 0.646. The molecular formula is C19H22ClNO4S. The van der Waals surface area contributed by atoms with Gasteiger partial charge < -0.3 is 19.5 Å². The highest BCUT2D eigenvalue weighted by molar-refractivity contribution is 7.99. The predicted octanol–water partition coefficient (Wildman–Crippen LogP) is 4.16. The molecule has 0 atom stereocenters. The van der Waals surface area contributed by atoms with Gasteiger partial charge in [0, 0.05) is 28.6 Å². The van der Waals surface area contributed by atoms with E-state index in [1.165, 1.54) is 0 Å². The number of methoxy groups -OCH3 is 3. The van der Waals surface area contributed by atoms with Crippen molar-refractivity contribution in [1.82, 2.24) is 5.32 Å². The maximum Gasteiger partial charge on any atom is 0.221 e. The number of thioether (sulfide) groups is 1. The van der Waals surface area contributed by atoms with Gasteiger partial charge in [-0.1, -0.05) is 11.6 Å². The third kappa shape index (κ3) is 5.75. The van der Waals surface area contributed by atoms with Crippen molar-refractivity contribution in [2.45, 2.75) is 17.9 Å². The van der Waals surface area contributed by atoms with E-state index in [1.807, 2.05) is 36.4 Å². The maximum atomic E-state index is 12.1. The van der Waals surface area contributed by atoms with E-state index in [-0.39, 0.29) is 5.91 Å². The summed E-state index contributed by atoms with van der Waals surface area (Å²) >= 11 is 7.48. The molecular weight excluding hydrogens is 374 g/mol. The third-order valence-electron chi connectivity index (χ3n) is 3.63. The number of nitrogens with one attached hydrogen (secondary N) is 1. The summed E-state index contributed by atoms with van der Waals surface area (Å²) in [6.07, 6.45) is 0.428. The molecule has 0 aliphatic heterocycles. The lowest BCUT2D eigenvalue weighted by molar-refractivity contribution is -0.120. The fraction of sp³-hybridized carbons (Fsp3) is 0.316. The summed E-state index contributed by atoms with van der Waals surface area (Å²) in [6, 6.07) is 11.2. The van der Waals surface area contributed by atoms with Gasteiger partial charge in [-0.25, -0.2) is 0 Å². The predicted molar refractivity (Wildman–Crippen MR) is 105 cm³/mol. The second kappa shape index (κ2) is 10.2. The van der Waals surface area contributed by atoms with Crippen LogP contribution in [0.4, 0.5) is 0 Å². The third-order valence-corrected chi connectivity index (χ3v) is 4.89. The first-order valence-corrected chi connectivity index (χ1v) is 9.37. The molecule has 2 aromatic rings. The van der Waals surface area contributed by atoms with E-state index in [0.717, 1.165) is 10.5 Å². The molecule has 0 unspecified atom stereocenters. The number of carbonyl (C=O) groups is 1. The Morgan fingerprint density at radius 3 is 2.19 bits per heavy atom.